The Bertz CT molecular complexity index is 362. The normalized spacial score (nSPS) is 14.6. The van der Waals surface area contributed by atoms with Gasteiger partial charge in [-0.25, -0.2) is 0 Å². The molecule has 1 aromatic rings. The quantitative estimate of drug-likeness (QED) is 0.755. The van der Waals surface area contributed by atoms with Crippen molar-refractivity contribution in [1.29, 1.82) is 0 Å². The predicted octanol–water partition coefficient (Wildman–Crippen LogP) is 3.03. The molecule has 19 heavy (non-hydrogen) atoms. The summed E-state index contributed by atoms with van der Waals surface area (Å²) in [6.45, 7) is 9.94. The van der Waals surface area contributed by atoms with Gasteiger partial charge in [-0.1, -0.05) is 27.7 Å². The second kappa shape index (κ2) is 8.64. The fraction of sp³-hybridized carbons (Fsp3) is 0.800. The molecule has 2 atom stereocenters. The predicted molar refractivity (Wildman–Crippen MR) is 86.0 cm³/mol. The van der Waals surface area contributed by atoms with Gasteiger partial charge < -0.3 is 5.32 Å². The summed E-state index contributed by atoms with van der Waals surface area (Å²) in [5.74, 6) is 1.18. The molecule has 1 rings (SSSR count). The van der Waals surface area contributed by atoms with Crippen LogP contribution in [0.2, 0.25) is 0 Å². The van der Waals surface area contributed by atoms with Crippen LogP contribution in [0.5, 0.6) is 0 Å². The molecule has 0 spiro atoms. The van der Waals surface area contributed by atoms with E-state index in [0.717, 1.165) is 24.6 Å². The largest absolute Gasteiger partial charge is 0.313 e. The first-order valence-corrected chi connectivity index (χ1v) is 8.52. The van der Waals surface area contributed by atoms with Gasteiger partial charge in [0.2, 0.25) is 0 Å². The maximum absolute atomic E-state index is 4.54. The van der Waals surface area contributed by atoms with E-state index in [1.165, 1.54) is 23.6 Å². The van der Waals surface area contributed by atoms with Crippen molar-refractivity contribution in [1.82, 2.24) is 15.1 Å². The minimum Gasteiger partial charge on any atom is -0.313 e. The lowest BCUT2D eigenvalue weighted by molar-refractivity contribution is 0.548. The minimum absolute atomic E-state index is 0.545. The Balaban J connectivity index is 2.58. The second-order valence-electron chi connectivity index (χ2n) is 5.12. The molecule has 1 heterocycles. The van der Waals surface area contributed by atoms with Crippen LogP contribution >= 0.6 is 11.8 Å². The Morgan fingerprint density at radius 1 is 1.37 bits per heavy atom. The summed E-state index contributed by atoms with van der Waals surface area (Å²) in [4.78, 5) is 0. The first kappa shape index (κ1) is 16.6. The zero-order chi connectivity index (χ0) is 14.3. The zero-order valence-electron chi connectivity index (χ0n) is 13.1. The smallest absolute Gasteiger partial charge is 0.0624 e. The molecule has 110 valence electrons. The third-order valence-electron chi connectivity index (χ3n) is 3.49. The Morgan fingerprint density at radius 3 is 2.63 bits per heavy atom. The van der Waals surface area contributed by atoms with Crippen molar-refractivity contribution in [3.05, 3.63) is 17.5 Å². The zero-order valence-corrected chi connectivity index (χ0v) is 13.9. The van der Waals surface area contributed by atoms with Crippen LogP contribution in [-0.2, 0) is 19.9 Å². The molecule has 0 radical (unpaired) electrons. The fourth-order valence-electron chi connectivity index (χ4n) is 2.06. The Labute approximate surface area is 122 Å². The van der Waals surface area contributed by atoms with Crippen molar-refractivity contribution >= 4 is 11.8 Å². The highest BCUT2D eigenvalue weighted by Gasteiger charge is 2.13. The molecular weight excluding hydrogens is 254 g/mol. The molecule has 1 aromatic heterocycles. The van der Waals surface area contributed by atoms with Gasteiger partial charge in [0.25, 0.3) is 0 Å². The Kier molecular flexibility index (Phi) is 7.54. The fourth-order valence-corrected chi connectivity index (χ4v) is 3.10. The standard InChI is InChI=1S/C15H29N3S/c1-6-12(4)19-11-14(16-8-3)10-15-9-13(7-2)17-18(15)5/h9,12,14,16H,6-8,10-11H2,1-5H3. The van der Waals surface area contributed by atoms with E-state index in [9.17, 15) is 0 Å². The van der Waals surface area contributed by atoms with Crippen LogP contribution in [0.15, 0.2) is 6.07 Å². The number of hydrogen-bond acceptors (Lipinski definition) is 3. The van der Waals surface area contributed by atoms with Gasteiger partial charge in [-0.3, -0.25) is 4.68 Å². The molecule has 0 aromatic carbocycles. The summed E-state index contributed by atoms with van der Waals surface area (Å²) in [5, 5.41) is 8.89. The van der Waals surface area contributed by atoms with Gasteiger partial charge in [0.05, 0.1) is 5.69 Å². The highest BCUT2D eigenvalue weighted by molar-refractivity contribution is 7.99. The van der Waals surface area contributed by atoms with Crippen LogP contribution in [0.4, 0.5) is 0 Å². The third-order valence-corrected chi connectivity index (χ3v) is 4.99. The van der Waals surface area contributed by atoms with Crippen molar-refractivity contribution in [2.45, 2.75) is 58.2 Å². The van der Waals surface area contributed by atoms with Gasteiger partial charge >= 0.3 is 0 Å². The monoisotopic (exact) mass is 283 g/mol. The topological polar surface area (TPSA) is 29.9 Å². The molecule has 2 unspecified atom stereocenters. The molecule has 3 nitrogen and oxygen atoms in total. The lowest BCUT2D eigenvalue weighted by Gasteiger charge is -2.19. The summed E-state index contributed by atoms with van der Waals surface area (Å²) >= 11 is 2.07. The highest BCUT2D eigenvalue weighted by atomic mass is 32.2. The molecule has 0 amide bonds. The summed E-state index contributed by atoms with van der Waals surface area (Å²) < 4.78 is 2.04. The molecule has 0 saturated carbocycles. The van der Waals surface area contributed by atoms with E-state index in [-0.39, 0.29) is 0 Å². The van der Waals surface area contributed by atoms with Crippen LogP contribution in [0.1, 0.15) is 45.5 Å². The van der Waals surface area contributed by atoms with E-state index >= 15 is 0 Å². The summed E-state index contributed by atoms with van der Waals surface area (Å²) in [6, 6.07) is 2.79. The van der Waals surface area contributed by atoms with Gasteiger partial charge in [-0.2, -0.15) is 16.9 Å². The van der Waals surface area contributed by atoms with E-state index in [0.29, 0.717) is 6.04 Å². The van der Waals surface area contributed by atoms with Gasteiger partial charge in [0.15, 0.2) is 0 Å². The van der Waals surface area contributed by atoms with Gasteiger partial charge in [-0.05, 0) is 25.5 Å². The molecule has 0 saturated heterocycles. The average molecular weight is 283 g/mol. The van der Waals surface area contributed by atoms with Crippen molar-refractivity contribution in [3.63, 3.8) is 0 Å². The number of thioether (sulfide) groups is 1. The van der Waals surface area contributed by atoms with Crippen molar-refractivity contribution < 1.29 is 0 Å². The molecule has 0 aliphatic heterocycles. The Morgan fingerprint density at radius 2 is 2.11 bits per heavy atom. The maximum Gasteiger partial charge on any atom is 0.0624 e. The number of rotatable bonds is 9. The van der Waals surface area contributed by atoms with Crippen molar-refractivity contribution in [2.24, 2.45) is 7.05 Å². The first-order chi connectivity index (χ1) is 9.10. The molecule has 4 heteroatoms. The van der Waals surface area contributed by atoms with E-state index in [2.05, 4.69) is 63.0 Å². The van der Waals surface area contributed by atoms with E-state index in [4.69, 9.17) is 0 Å². The van der Waals surface area contributed by atoms with E-state index in [1.807, 2.05) is 4.68 Å². The van der Waals surface area contributed by atoms with E-state index < -0.39 is 0 Å². The number of nitrogens with zero attached hydrogens (tertiary/aromatic N) is 2. The van der Waals surface area contributed by atoms with Crippen LogP contribution in [0, 0.1) is 0 Å². The van der Waals surface area contributed by atoms with Crippen molar-refractivity contribution in [3.8, 4) is 0 Å². The lowest BCUT2D eigenvalue weighted by Crippen LogP contribution is -2.34. The molecule has 0 aliphatic carbocycles. The van der Waals surface area contributed by atoms with Gasteiger partial charge in [0, 0.05) is 36.2 Å². The highest BCUT2D eigenvalue weighted by Crippen LogP contribution is 2.17. The van der Waals surface area contributed by atoms with E-state index in [1.54, 1.807) is 0 Å². The summed E-state index contributed by atoms with van der Waals surface area (Å²) in [5.41, 5.74) is 2.54. The SMILES string of the molecule is CCNC(CSC(C)CC)Cc1cc(CC)nn1C. The lowest BCUT2D eigenvalue weighted by atomic mass is 10.1. The molecule has 0 fully saturated rings. The van der Waals surface area contributed by atoms with Gasteiger partial charge in [0.1, 0.15) is 0 Å². The van der Waals surface area contributed by atoms with Crippen molar-refractivity contribution in [2.75, 3.05) is 12.3 Å². The third kappa shape index (κ3) is 5.57. The molecule has 1 N–H and O–H groups in total. The van der Waals surface area contributed by atoms with Crippen LogP contribution < -0.4 is 5.32 Å². The van der Waals surface area contributed by atoms with Crippen LogP contribution in [-0.4, -0.2) is 33.4 Å². The average Bonchev–Trinajstić information content (AvgIpc) is 2.76. The van der Waals surface area contributed by atoms with Crippen LogP contribution in [0.3, 0.4) is 0 Å². The number of nitrogens with one attached hydrogen (secondary N) is 1. The summed E-state index contributed by atoms with van der Waals surface area (Å²) in [7, 11) is 2.05. The molecule has 0 bridgehead atoms. The summed E-state index contributed by atoms with van der Waals surface area (Å²) in [6.07, 6.45) is 3.33. The number of aromatic nitrogens is 2. The number of likely N-dealkylation sites (N-methyl/N-ethyl adjacent to an activating group) is 1. The second-order valence-corrected chi connectivity index (χ2v) is 6.59. The number of hydrogen-bond donors (Lipinski definition) is 1. The molecular formula is C15H29N3S. The van der Waals surface area contributed by atoms with Gasteiger partial charge in [-0.15, -0.1) is 0 Å². The minimum atomic E-state index is 0.545. The first-order valence-electron chi connectivity index (χ1n) is 7.47. The maximum atomic E-state index is 4.54. The number of aryl methyl sites for hydroxylation is 2. The van der Waals surface area contributed by atoms with Crippen LogP contribution in [0.25, 0.3) is 0 Å². The molecule has 0 aliphatic rings. The Hall–Kier alpha value is -0.480.